The topological polar surface area (TPSA) is 84.9 Å². The first-order valence-corrected chi connectivity index (χ1v) is 8.39. The van der Waals surface area contributed by atoms with Crippen LogP contribution in [0.15, 0.2) is 42.5 Å². The van der Waals surface area contributed by atoms with E-state index in [9.17, 15) is 9.59 Å². The second-order valence-electron chi connectivity index (χ2n) is 5.84. The third-order valence-corrected chi connectivity index (χ3v) is 3.64. The van der Waals surface area contributed by atoms with Crippen LogP contribution in [-0.4, -0.2) is 29.7 Å². The van der Waals surface area contributed by atoms with Crippen molar-refractivity contribution < 1.29 is 24.2 Å². The van der Waals surface area contributed by atoms with Gasteiger partial charge in [0.2, 0.25) is 0 Å². The highest BCUT2D eigenvalue weighted by molar-refractivity contribution is 6.32. The van der Waals surface area contributed by atoms with E-state index < -0.39 is 12.6 Å². The predicted octanol–water partition coefficient (Wildman–Crippen LogP) is 3.98. The Bertz CT molecular complexity index is 774. The summed E-state index contributed by atoms with van der Waals surface area (Å²) in [6, 6.07) is 11.7. The van der Waals surface area contributed by atoms with Gasteiger partial charge in [-0.25, -0.2) is 4.79 Å². The zero-order valence-electron chi connectivity index (χ0n) is 14.5. The highest BCUT2D eigenvalue weighted by atomic mass is 35.5. The summed E-state index contributed by atoms with van der Waals surface area (Å²) in [5.41, 5.74) is 1.97. The van der Waals surface area contributed by atoms with Gasteiger partial charge in [0.25, 0.3) is 5.91 Å². The highest BCUT2D eigenvalue weighted by Crippen LogP contribution is 2.28. The second-order valence-corrected chi connectivity index (χ2v) is 6.25. The molecule has 0 aliphatic carbocycles. The number of amides is 1. The van der Waals surface area contributed by atoms with Crippen LogP contribution in [0.4, 0.5) is 5.69 Å². The first kappa shape index (κ1) is 19.8. The van der Waals surface area contributed by atoms with Crippen molar-refractivity contribution >= 4 is 29.2 Å². The minimum atomic E-state index is -1.10. The molecule has 138 valence electrons. The maximum atomic E-state index is 12.3. The average Bonchev–Trinajstić information content (AvgIpc) is 2.59. The normalized spacial score (nSPS) is 10.6. The monoisotopic (exact) mass is 377 g/mol. The lowest BCUT2D eigenvalue weighted by atomic mass is 10.1. The Morgan fingerprint density at radius 1 is 1.15 bits per heavy atom. The molecule has 0 radical (unpaired) electrons. The molecule has 0 atom stereocenters. The smallest absolute Gasteiger partial charge is 0.341 e. The lowest BCUT2D eigenvalue weighted by molar-refractivity contribution is -0.139. The lowest BCUT2D eigenvalue weighted by Crippen LogP contribution is -2.12. The van der Waals surface area contributed by atoms with E-state index in [-0.39, 0.29) is 22.8 Å². The number of hydrogen-bond donors (Lipinski definition) is 2. The zero-order chi connectivity index (χ0) is 19.1. The number of hydrogen-bond acceptors (Lipinski definition) is 4. The molecule has 0 saturated heterocycles. The molecule has 0 heterocycles. The van der Waals surface area contributed by atoms with Crippen LogP contribution in [0.2, 0.25) is 5.02 Å². The minimum absolute atomic E-state index is 0.144. The summed E-state index contributed by atoms with van der Waals surface area (Å²) in [7, 11) is 0. The SMILES string of the molecule is CC(C)OCc1ccc(C(=O)Nc2ccc(OCC(=O)O)c(Cl)c2)cc1. The molecule has 6 nitrogen and oxygen atoms in total. The van der Waals surface area contributed by atoms with Crippen molar-refractivity contribution in [3.05, 3.63) is 58.6 Å². The van der Waals surface area contributed by atoms with Gasteiger partial charge in [-0.15, -0.1) is 0 Å². The van der Waals surface area contributed by atoms with Crippen LogP contribution in [0.1, 0.15) is 29.8 Å². The largest absolute Gasteiger partial charge is 0.480 e. The Morgan fingerprint density at radius 2 is 1.85 bits per heavy atom. The van der Waals surface area contributed by atoms with E-state index in [1.54, 1.807) is 18.2 Å². The Hall–Kier alpha value is -2.57. The van der Waals surface area contributed by atoms with Crippen molar-refractivity contribution in [1.29, 1.82) is 0 Å². The fraction of sp³-hybridized carbons (Fsp3) is 0.263. The molecule has 2 aromatic rings. The van der Waals surface area contributed by atoms with E-state index in [0.29, 0.717) is 17.9 Å². The van der Waals surface area contributed by atoms with Gasteiger partial charge in [-0.1, -0.05) is 23.7 Å². The fourth-order valence-electron chi connectivity index (χ4n) is 2.05. The number of halogens is 1. The van der Waals surface area contributed by atoms with Gasteiger partial charge >= 0.3 is 5.97 Å². The number of ether oxygens (including phenoxy) is 2. The predicted molar refractivity (Wildman–Crippen MR) is 98.9 cm³/mol. The van der Waals surface area contributed by atoms with Crippen LogP contribution in [0.3, 0.4) is 0 Å². The molecule has 0 aromatic heterocycles. The van der Waals surface area contributed by atoms with Crippen LogP contribution < -0.4 is 10.1 Å². The molecule has 26 heavy (non-hydrogen) atoms. The highest BCUT2D eigenvalue weighted by Gasteiger charge is 2.10. The average molecular weight is 378 g/mol. The van der Waals surface area contributed by atoms with Crippen LogP contribution >= 0.6 is 11.6 Å². The van der Waals surface area contributed by atoms with E-state index in [1.165, 1.54) is 12.1 Å². The molecule has 2 aromatic carbocycles. The Labute approximate surface area is 156 Å². The number of aliphatic carboxylic acids is 1. The molecular weight excluding hydrogens is 358 g/mol. The van der Waals surface area contributed by atoms with Crippen LogP contribution in [0, 0.1) is 0 Å². The zero-order valence-corrected chi connectivity index (χ0v) is 15.2. The van der Waals surface area contributed by atoms with Crippen LogP contribution in [0.25, 0.3) is 0 Å². The summed E-state index contributed by atoms with van der Waals surface area (Å²) in [6.45, 7) is 3.93. The van der Waals surface area contributed by atoms with Crippen molar-refractivity contribution in [2.24, 2.45) is 0 Å². The maximum absolute atomic E-state index is 12.3. The van der Waals surface area contributed by atoms with Crippen LogP contribution in [-0.2, 0) is 16.1 Å². The standard InChI is InChI=1S/C19H20ClNO5/c1-12(2)25-10-13-3-5-14(6-4-13)19(24)21-15-7-8-17(16(20)9-15)26-11-18(22)23/h3-9,12H,10-11H2,1-2H3,(H,21,24)(H,22,23). The summed E-state index contributed by atoms with van der Waals surface area (Å²) in [5.74, 6) is -1.14. The number of nitrogens with one attached hydrogen (secondary N) is 1. The van der Waals surface area contributed by atoms with Gasteiger partial charge in [-0.05, 0) is 49.7 Å². The molecule has 1 amide bonds. The number of carbonyl (C=O) groups is 2. The minimum Gasteiger partial charge on any atom is -0.480 e. The van der Waals surface area contributed by atoms with Gasteiger partial charge in [-0.2, -0.15) is 0 Å². The molecule has 0 unspecified atom stereocenters. The van der Waals surface area contributed by atoms with Crippen molar-refractivity contribution in [2.45, 2.75) is 26.6 Å². The molecule has 0 saturated carbocycles. The molecular formula is C19H20ClNO5. The number of anilines is 1. The van der Waals surface area contributed by atoms with Gasteiger partial charge in [0, 0.05) is 11.3 Å². The maximum Gasteiger partial charge on any atom is 0.341 e. The third-order valence-electron chi connectivity index (χ3n) is 3.34. The van der Waals surface area contributed by atoms with E-state index in [2.05, 4.69) is 5.32 Å². The van der Waals surface area contributed by atoms with Crippen molar-refractivity contribution in [3.8, 4) is 5.75 Å². The van der Waals surface area contributed by atoms with Crippen molar-refractivity contribution in [3.63, 3.8) is 0 Å². The van der Waals surface area contributed by atoms with E-state index >= 15 is 0 Å². The molecule has 0 fully saturated rings. The molecule has 0 aliphatic rings. The molecule has 2 rings (SSSR count). The van der Waals surface area contributed by atoms with Gasteiger partial charge in [0.1, 0.15) is 5.75 Å². The second kappa shape index (κ2) is 9.22. The van der Waals surface area contributed by atoms with Gasteiger partial charge in [-0.3, -0.25) is 4.79 Å². The fourth-order valence-corrected chi connectivity index (χ4v) is 2.29. The summed E-state index contributed by atoms with van der Waals surface area (Å²) >= 11 is 6.04. The number of benzene rings is 2. The molecule has 7 heteroatoms. The van der Waals surface area contributed by atoms with E-state index in [4.69, 9.17) is 26.2 Å². The molecule has 0 bridgehead atoms. The van der Waals surface area contributed by atoms with E-state index in [0.717, 1.165) is 5.56 Å². The van der Waals surface area contributed by atoms with Crippen LogP contribution in [0.5, 0.6) is 5.75 Å². The Kier molecular flexibility index (Phi) is 7.00. The summed E-state index contributed by atoms with van der Waals surface area (Å²) in [4.78, 5) is 22.8. The molecule has 0 spiro atoms. The number of carbonyl (C=O) groups excluding carboxylic acids is 1. The summed E-state index contributed by atoms with van der Waals surface area (Å²) in [6.07, 6.45) is 0.144. The van der Waals surface area contributed by atoms with Gasteiger partial charge in [0.15, 0.2) is 6.61 Å². The molecule has 0 aliphatic heterocycles. The van der Waals surface area contributed by atoms with E-state index in [1.807, 2.05) is 26.0 Å². The summed E-state index contributed by atoms with van der Waals surface area (Å²) < 4.78 is 10.6. The van der Waals surface area contributed by atoms with Crippen molar-refractivity contribution in [2.75, 3.05) is 11.9 Å². The Balaban J connectivity index is 1.98. The first-order valence-electron chi connectivity index (χ1n) is 8.01. The quantitative estimate of drug-likeness (QED) is 0.726. The van der Waals surface area contributed by atoms with Gasteiger partial charge < -0.3 is 19.9 Å². The van der Waals surface area contributed by atoms with Crippen molar-refractivity contribution in [1.82, 2.24) is 0 Å². The number of carboxylic acids is 1. The third kappa shape index (κ3) is 6.06. The number of carboxylic acid groups (broad SMARTS) is 1. The first-order chi connectivity index (χ1) is 12.3. The lowest BCUT2D eigenvalue weighted by Gasteiger charge is -2.10. The van der Waals surface area contributed by atoms with Gasteiger partial charge in [0.05, 0.1) is 17.7 Å². The summed E-state index contributed by atoms with van der Waals surface area (Å²) in [5, 5.41) is 11.6. The Morgan fingerprint density at radius 3 is 2.42 bits per heavy atom. The number of rotatable bonds is 8. The molecule has 2 N–H and O–H groups in total.